The Hall–Kier alpha value is -3.36. The maximum atomic E-state index is 12.9. The molecule has 0 aliphatic carbocycles. The van der Waals surface area contributed by atoms with Crippen LogP contribution < -0.4 is 15.5 Å². The number of amides is 2. The molecule has 0 saturated carbocycles. The molecule has 2 aliphatic rings. The zero-order valence-corrected chi connectivity index (χ0v) is 20.4. The number of likely N-dealkylation sites (tertiary alicyclic amines) is 1. The zero-order valence-electron chi connectivity index (χ0n) is 18.9. The third-order valence-corrected chi connectivity index (χ3v) is 6.78. The first-order valence-corrected chi connectivity index (χ1v) is 12.2. The summed E-state index contributed by atoms with van der Waals surface area (Å²) in [5, 5.41) is 15.6. The summed E-state index contributed by atoms with van der Waals surface area (Å²) in [4.78, 5) is 29.4. The highest BCUT2D eigenvalue weighted by atomic mass is 35.5. The van der Waals surface area contributed by atoms with Gasteiger partial charge in [-0.3, -0.25) is 9.59 Å². The van der Waals surface area contributed by atoms with Crippen LogP contribution in [0.5, 0.6) is 0 Å². The lowest BCUT2D eigenvalue weighted by molar-refractivity contribution is 0.0792. The van der Waals surface area contributed by atoms with Gasteiger partial charge in [0.25, 0.3) is 11.8 Å². The molecule has 2 amide bonds. The van der Waals surface area contributed by atoms with Crippen molar-refractivity contribution in [1.29, 1.82) is 0 Å². The summed E-state index contributed by atoms with van der Waals surface area (Å²) in [6, 6.07) is 14.0. The number of halogens is 2. The second-order valence-electron chi connectivity index (χ2n) is 8.58. The average molecular weight is 511 g/mol. The van der Waals surface area contributed by atoms with Crippen molar-refractivity contribution < 1.29 is 9.59 Å². The molecule has 3 aromatic rings. The highest BCUT2D eigenvalue weighted by Crippen LogP contribution is 2.31. The molecule has 2 aromatic carbocycles. The summed E-state index contributed by atoms with van der Waals surface area (Å²) < 4.78 is 0. The molecule has 35 heavy (non-hydrogen) atoms. The van der Waals surface area contributed by atoms with Crippen LogP contribution >= 0.6 is 23.2 Å². The van der Waals surface area contributed by atoms with E-state index in [1.54, 1.807) is 42.5 Å². The molecule has 2 N–H and O–H groups in total. The van der Waals surface area contributed by atoms with Crippen LogP contribution in [0.1, 0.15) is 39.3 Å². The zero-order chi connectivity index (χ0) is 24.4. The number of hydrogen-bond donors (Lipinski definition) is 2. The Morgan fingerprint density at radius 1 is 0.971 bits per heavy atom. The van der Waals surface area contributed by atoms with E-state index in [1.165, 1.54) is 0 Å². The van der Waals surface area contributed by atoms with Crippen LogP contribution in [0.3, 0.4) is 0 Å². The molecule has 0 atom stereocenters. The van der Waals surface area contributed by atoms with Crippen molar-refractivity contribution in [2.24, 2.45) is 0 Å². The third-order valence-electron chi connectivity index (χ3n) is 6.17. The monoisotopic (exact) mass is 510 g/mol. The molecule has 0 radical (unpaired) electrons. The summed E-state index contributed by atoms with van der Waals surface area (Å²) in [5.74, 6) is 0.245. The van der Waals surface area contributed by atoms with Gasteiger partial charge in [0.2, 0.25) is 0 Å². The molecular weight excluding hydrogens is 487 g/mol. The van der Waals surface area contributed by atoms with E-state index in [-0.39, 0.29) is 17.5 Å². The second-order valence-corrected chi connectivity index (χ2v) is 9.42. The quantitative estimate of drug-likeness (QED) is 0.516. The Morgan fingerprint density at radius 3 is 2.51 bits per heavy atom. The van der Waals surface area contributed by atoms with Crippen molar-refractivity contribution in [3.8, 4) is 0 Å². The van der Waals surface area contributed by atoms with Gasteiger partial charge in [-0.05, 0) is 66.9 Å². The highest BCUT2D eigenvalue weighted by molar-refractivity contribution is 6.33. The number of nitrogens with zero attached hydrogens (tertiary/aromatic N) is 4. The van der Waals surface area contributed by atoms with Crippen molar-refractivity contribution in [3.05, 3.63) is 75.4 Å². The number of hydrogen-bond acceptors (Lipinski definition) is 6. The summed E-state index contributed by atoms with van der Waals surface area (Å²) in [5.41, 5.74) is 3.03. The fourth-order valence-corrected chi connectivity index (χ4v) is 4.69. The first-order valence-electron chi connectivity index (χ1n) is 11.5. The first kappa shape index (κ1) is 23.4. The number of carbonyl (C=O) groups is 2. The Morgan fingerprint density at radius 2 is 1.74 bits per heavy atom. The molecule has 8 nitrogen and oxygen atoms in total. The fourth-order valence-electron chi connectivity index (χ4n) is 4.32. The number of aromatic nitrogens is 2. The highest BCUT2D eigenvalue weighted by Gasteiger charge is 2.23. The van der Waals surface area contributed by atoms with Crippen LogP contribution in [0.2, 0.25) is 10.0 Å². The predicted molar refractivity (Wildman–Crippen MR) is 138 cm³/mol. The van der Waals surface area contributed by atoms with Crippen molar-refractivity contribution in [1.82, 2.24) is 15.1 Å². The molecule has 3 heterocycles. The number of rotatable bonds is 5. The average Bonchev–Trinajstić information content (AvgIpc) is 3.41. The lowest BCUT2D eigenvalue weighted by Gasteiger charge is -2.31. The minimum absolute atomic E-state index is 0.0216. The molecule has 10 heteroatoms. The first-order chi connectivity index (χ1) is 17.0. The molecule has 2 aliphatic heterocycles. The molecule has 0 unspecified atom stereocenters. The molecule has 1 fully saturated rings. The van der Waals surface area contributed by atoms with Crippen LogP contribution in [0.25, 0.3) is 0 Å². The number of nitrogens with one attached hydrogen (secondary N) is 2. The van der Waals surface area contributed by atoms with Gasteiger partial charge < -0.3 is 20.4 Å². The summed E-state index contributed by atoms with van der Waals surface area (Å²) in [7, 11) is 0. The standard InChI is InChI=1S/C25H24Cl2N6O2/c26-18-5-8-20(27)17(13-18)15-33-12-9-28-23-22(33)14-21(30-31-23)24(34)29-19-6-3-16(4-7-19)25(35)32-10-1-2-11-32/h3-8,13-14H,1-2,9-12,15H2,(H,28,31)(H,29,34). The Labute approximate surface area is 213 Å². The van der Waals surface area contributed by atoms with Crippen molar-refractivity contribution >= 4 is 52.2 Å². The van der Waals surface area contributed by atoms with Gasteiger partial charge in [0.1, 0.15) is 0 Å². The largest absolute Gasteiger partial charge is 0.365 e. The van der Waals surface area contributed by atoms with Crippen molar-refractivity contribution in [3.63, 3.8) is 0 Å². The second kappa shape index (κ2) is 10.1. The molecule has 180 valence electrons. The van der Waals surface area contributed by atoms with Crippen LogP contribution in [0.4, 0.5) is 17.2 Å². The number of anilines is 3. The van der Waals surface area contributed by atoms with Crippen molar-refractivity contribution in [2.45, 2.75) is 19.4 Å². The van der Waals surface area contributed by atoms with Crippen LogP contribution in [0.15, 0.2) is 48.5 Å². The van der Waals surface area contributed by atoms with Gasteiger partial charge in [-0.1, -0.05) is 23.2 Å². The maximum Gasteiger partial charge on any atom is 0.276 e. The third kappa shape index (κ3) is 5.18. The molecule has 5 rings (SSSR count). The Balaban J connectivity index is 1.31. The molecular formula is C25H24Cl2N6O2. The van der Waals surface area contributed by atoms with Gasteiger partial charge in [-0.2, -0.15) is 0 Å². The number of benzene rings is 2. The molecule has 0 bridgehead atoms. The summed E-state index contributed by atoms with van der Waals surface area (Å²) in [6.07, 6.45) is 2.08. The van der Waals surface area contributed by atoms with Crippen LogP contribution in [-0.2, 0) is 6.54 Å². The van der Waals surface area contributed by atoms with E-state index in [0.717, 1.165) is 37.2 Å². The number of carbonyl (C=O) groups excluding carboxylic acids is 2. The van der Waals surface area contributed by atoms with E-state index in [4.69, 9.17) is 23.2 Å². The molecule has 0 spiro atoms. The van der Waals surface area contributed by atoms with Gasteiger partial charge in [0.15, 0.2) is 11.5 Å². The van der Waals surface area contributed by atoms with E-state index in [2.05, 4.69) is 25.7 Å². The molecule has 1 saturated heterocycles. The normalized spacial score (nSPS) is 14.9. The Bertz CT molecular complexity index is 1260. The van der Waals surface area contributed by atoms with Gasteiger partial charge in [0, 0.05) is 54.0 Å². The van der Waals surface area contributed by atoms with Gasteiger partial charge in [0.05, 0.1) is 5.69 Å². The summed E-state index contributed by atoms with van der Waals surface area (Å²) in [6.45, 7) is 3.50. The topological polar surface area (TPSA) is 90.5 Å². The summed E-state index contributed by atoms with van der Waals surface area (Å²) >= 11 is 12.5. The maximum absolute atomic E-state index is 12.9. The van der Waals surface area contributed by atoms with E-state index >= 15 is 0 Å². The van der Waals surface area contributed by atoms with Crippen LogP contribution in [-0.4, -0.2) is 53.1 Å². The number of fused-ring (bicyclic) bond motifs is 1. The minimum atomic E-state index is -0.384. The Kier molecular flexibility index (Phi) is 6.74. The SMILES string of the molecule is O=C(Nc1ccc(C(=O)N2CCCC2)cc1)c1cc2c(nn1)NCCN2Cc1cc(Cl)ccc1Cl. The van der Waals surface area contributed by atoms with E-state index < -0.39 is 0 Å². The van der Waals surface area contributed by atoms with Crippen molar-refractivity contribution in [2.75, 3.05) is 41.7 Å². The minimum Gasteiger partial charge on any atom is -0.365 e. The lowest BCUT2D eigenvalue weighted by Crippen LogP contribution is -2.34. The van der Waals surface area contributed by atoms with Gasteiger partial charge in [-0.25, -0.2) is 0 Å². The predicted octanol–water partition coefficient (Wildman–Crippen LogP) is 4.70. The van der Waals surface area contributed by atoms with E-state index in [0.29, 0.717) is 46.7 Å². The smallest absolute Gasteiger partial charge is 0.276 e. The lowest BCUT2D eigenvalue weighted by atomic mass is 10.1. The fraction of sp³-hybridized carbons (Fsp3) is 0.280. The molecule has 1 aromatic heterocycles. The van der Waals surface area contributed by atoms with Crippen LogP contribution in [0, 0.1) is 0 Å². The van der Waals surface area contributed by atoms with Gasteiger partial charge >= 0.3 is 0 Å². The van der Waals surface area contributed by atoms with Gasteiger partial charge in [-0.15, -0.1) is 10.2 Å². The van der Waals surface area contributed by atoms with E-state index in [1.807, 2.05) is 11.0 Å². The van der Waals surface area contributed by atoms with E-state index in [9.17, 15) is 9.59 Å².